The summed E-state index contributed by atoms with van der Waals surface area (Å²) >= 11 is 0. The van der Waals surface area contributed by atoms with E-state index in [1.807, 2.05) is 43.0 Å². The van der Waals surface area contributed by atoms with Gasteiger partial charge >= 0.3 is 18.1 Å². The van der Waals surface area contributed by atoms with Gasteiger partial charge in [0.05, 0.1) is 17.1 Å². The number of fused-ring (bicyclic) bond motifs is 2. The summed E-state index contributed by atoms with van der Waals surface area (Å²) < 4.78 is 44.5. The van der Waals surface area contributed by atoms with E-state index in [1.165, 1.54) is 28.7 Å². The summed E-state index contributed by atoms with van der Waals surface area (Å²) in [5, 5.41) is 14.6. The number of halogens is 3. The number of ether oxygens (including phenoxy) is 1. The molecule has 2 aromatic heterocycles. The summed E-state index contributed by atoms with van der Waals surface area (Å²) in [5.41, 5.74) is 4.03. The van der Waals surface area contributed by atoms with Crippen LogP contribution in [0.25, 0.3) is 21.8 Å². The average Bonchev–Trinajstić information content (AvgIpc) is 3.55. The Hall–Kier alpha value is -3.93. The number of hydrogen-bond acceptors (Lipinski definition) is 6. The van der Waals surface area contributed by atoms with Crippen LogP contribution in [0.3, 0.4) is 0 Å². The molecule has 1 amide bonds. The number of amides is 1. The standard InChI is InChI=1S/C18H20F3N3O3.C14H19N3/c1-11-3-6-15(12-4-5-13-9-23(2)22-14(13)7-12)24(8-11)16(25)17(26)27-10-18(19,20)21;1-10-3-6-13(15-8-10)11-4-5-12-9-17(2)16-14(12)7-11/h4-5,7,9,11,15H,3,6,8,10H2,1-2H3;4-5,7,9-10,13,15H,3,6,8H2,1-2H3/t11-,15+;10-,13+/m00/s1. The van der Waals surface area contributed by atoms with E-state index in [4.69, 9.17) is 0 Å². The van der Waals surface area contributed by atoms with Crippen LogP contribution < -0.4 is 5.32 Å². The van der Waals surface area contributed by atoms with Gasteiger partial charge in [0.25, 0.3) is 0 Å². The van der Waals surface area contributed by atoms with Crippen molar-refractivity contribution in [1.82, 2.24) is 29.8 Å². The minimum atomic E-state index is -4.67. The number of aromatic nitrogens is 4. The van der Waals surface area contributed by atoms with Gasteiger partial charge in [-0.3, -0.25) is 14.2 Å². The molecule has 2 saturated heterocycles. The molecule has 2 aromatic carbocycles. The van der Waals surface area contributed by atoms with Crippen molar-refractivity contribution in [2.24, 2.45) is 25.9 Å². The van der Waals surface area contributed by atoms with Gasteiger partial charge in [-0.25, -0.2) is 4.79 Å². The Morgan fingerprint density at radius 3 is 2.07 bits per heavy atom. The highest BCUT2D eigenvalue weighted by Gasteiger charge is 2.37. The topological polar surface area (TPSA) is 94.3 Å². The molecule has 236 valence electrons. The molecule has 2 aliphatic rings. The molecule has 0 radical (unpaired) electrons. The number of nitrogens with one attached hydrogen (secondary N) is 1. The number of aryl methyl sites for hydroxylation is 2. The molecule has 0 unspecified atom stereocenters. The molecular formula is C32H39F3N6O3. The third kappa shape index (κ3) is 7.58. The van der Waals surface area contributed by atoms with E-state index in [9.17, 15) is 22.8 Å². The molecule has 2 aliphatic heterocycles. The number of nitrogens with zero attached hydrogens (tertiary/aromatic N) is 5. The van der Waals surface area contributed by atoms with Crippen molar-refractivity contribution in [3.05, 3.63) is 59.9 Å². The Kier molecular flexibility index (Phi) is 9.28. The SMILES string of the molecule is C[C@H]1CC[C@H](c2ccc3cn(C)nc3c2)N(C(=O)C(=O)OCC(F)(F)F)C1.C[C@H]1CC[C@H](c2ccc3cn(C)nc3c2)NC1. The van der Waals surface area contributed by atoms with Crippen LogP contribution in [0, 0.1) is 11.8 Å². The van der Waals surface area contributed by atoms with E-state index in [2.05, 4.69) is 51.6 Å². The molecule has 4 aromatic rings. The number of benzene rings is 2. The van der Waals surface area contributed by atoms with Gasteiger partial charge in [-0.15, -0.1) is 0 Å². The number of carbonyl (C=O) groups excluding carboxylic acids is 2. The fourth-order valence-electron chi connectivity index (χ4n) is 6.07. The van der Waals surface area contributed by atoms with Gasteiger partial charge in [-0.2, -0.15) is 23.4 Å². The van der Waals surface area contributed by atoms with E-state index >= 15 is 0 Å². The number of esters is 1. The lowest BCUT2D eigenvalue weighted by Crippen LogP contribution is -2.45. The maximum Gasteiger partial charge on any atom is 0.422 e. The fourth-order valence-corrected chi connectivity index (χ4v) is 6.07. The predicted molar refractivity (Wildman–Crippen MR) is 160 cm³/mol. The first-order valence-electron chi connectivity index (χ1n) is 15.0. The van der Waals surface area contributed by atoms with Crippen molar-refractivity contribution in [1.29, 1.82) is 0 Å². The van der Waals surface area contributed by atoms with E-state index in [-0.39, 0.29) is 12.5 Å². The van der Waals surface area contributed by atoms with E-state index in [0.717, 1.165) is 40.9 Å². The summed E-state index contributed by atoms with van der Waals surface area (Å²) in [7, 11) is 3.77. The first kappa shape index (κ1) is 31.5. The second-order valence-corrected chi connectivity index (χ2v) is 12.2. The molecule has 0 spiro atoms. The van der Waals surface area contributed by atoms with Gasteiger partial charge in [-0.05, 0) is 67.3 Å². The second kappa shape index (κ2) is 13.0. The molecule has 1 N–H and O–H groups in total. The normalized spacial score (nSPS) is 22.5. The highest BCUT2D eigenvalue weighted by Crippen LogP contribution is 2.35. The summed E-state index contributed by atoms with van der Waals surface area (Å²) in [4.78, 5) is 25.7. The third-order valence-corrected chi connectivity index (χ3v) is 8.36. The molecule has 9 nitrogen and oxygen atoms in total. The van der Waals surface area contributed by atoms with Crippen LogP contribution in [0.4, 0.5) is 13.2 Å². The lowest BCUT2D eigenvalue weighted by atomic mass is 9.89. The zero-order valence-electron chi connectivity index (χ0n) is 25.5. The Balaban J connectivity index is 0.000000193. The van der Waals surface area contributed by atoms with E-state index in [0.29, 0.717) is 12.5 Å². The van der Waals surface area contributed by atoms with Crippen LogP contribution in [-0.4, -0.2) is 62.2 Å². The maximum absolute atomic E-state index is 12.5. The van der Waals surface area contributed by atoms with Gasteiger partial charge in [0.15, 0.2) is 6.61 Å². The van der Waals surface area contributed by atoms with E-state index in [1.54, 1.807) is 11.7 Å². The lowest BCUT2D eigenvalue weighted by Gasteiger charge is -2.38. The molecule has 6 rings (SSSR count). The summed E-state index contributed by atoms with van der Waals surface area (Å²) in [6, 6.07) is 12.3. The number of rotatable bonds is 3. The van der Waals surface area contributed by atoms with Gasteiger partial charge in [0.1, 0.15) is 0 Å². The summed E-state index contributed by atoms with van der Waals surface area (Å²) in [6.45, 7) is 3.88. The Bertz CT molecular complexity index is 1620. The number of hydrogen-bond donors (Lipinski definition) is 1. The number of alkyl halides is 3. The maximum atomic E-state index is 12.5. The van der Waals surface area contributed by atoms with Crippen LogP contribution in [0.2, 0.25) is 0 Å². The highest BCUT2D eigenvalue weighted by atomic mass is 19.4. The second-order valence-electron chi connectivity index (χ2n) is 12.2. The number of piperidine rings is 2. The predicted octanol–water partition coefficient (Wildman–Crippen LogP) is 5.61. The molecule has 2 fully saturated rings. The van der Waals surface area contributed by atoms with Crippen molar-refractivity contribution in [3.63, 3.8) is 0 Å². The first-order valence-corrected chi connectivity index (χ1v) is 15.0. The zero-order chi connectivity index (χ0) is 31.6. The smallest absolute Gasteiger partial charge is 0.422 e. The molecule has 0 saturated carbocycles. The number of likely N-dealkylation sites (tertiary alicyclic amines) is 1. The molecule has 4 heterocycles. The van der Waals surface area contributed by atoms with Gasteiger partial charge in [-0.1, -0.05) is 38.1 Å². The van der Waals surface area contributed by atoms with Crippen molar-refractivity contribution in [2.45, 2.75) is 57.8 Å². The summed E-state index contributed by atoms with van der Waals surface area (Å²) in [6.07, 6.45) is 3.26. The van der Waals surface area contributed by atoms with Crippen LogP contribution in [0.1, 0.15) is 62.7 Å². The fraction of sp³-hybridized carbons (Fsp3) is 0.500. The lowest BCUT2D eigenvalue weighted by molar-refractivity contribution is -0.190. The van der Waals surface area contributed by atoms with Gasteiger partial charge in [0, 0.05) is 49.8 Å². The molecule has 44 heavy (non-hydrogen) atoms. The Morgan fingerprint density at radius 2 is 1.48 bits per heavy atom. The van der Waals surface area contributed by atoms with Crippen molar-refractivity contribution >= 4 is 33.7 Å². The third-order valence-electron chi connectivity index (χ3n) is 8.36. The van der Waals surface area contributed by atoms with Crippen molar-refractivity contribution in [3.8, 4) is 0 Å². The number of carbonyl (C=O) groups is 2. The first-order chi connectivity index (χ1) is 20.9. The Labute approximate surface area is 254 Å². The monoisotopic (exact) mass is 612 g/mol. The molecule has 4 atom stereocenters. The largest absolute Gasteiger partial charge is 0.449 e. The molecule has 0 aliphatic carbocycles. The molecule has 0 bridgehead atoms. The van der Waals surface area contributed by atoms with Crippen molar-refractivity contribution < 1.29 is 27.5 Å². The van der Waals surface area contributed by atoms with Crippen LogP contribution >= 0.6 is 0 Å². The van der Waals surface area contributed by atoms with E-state index < -0.39 is 30.7 Å². The van der Waals surface area contributed by atoms with Crippen LogP contribution in [0.5, 0.6) is 0 Å². The zero-order valence-corrected chi connectivity index (χ0v) is 25.5. The quantitative estimate of drug-likeness (QED) is 0.239. The van der Waals surface area contributed by atoms with Crippen LogP contribution in [-0.2, 0) is 28.4 Å². The highest BCUT2D eigenvalue weighted by molar-refractivity contribution is 6.32. The summed E-state index contributed by atoms with van der Waals surface area (Å²) in [5.74, 6) is -1.58. The minimum Gasteiger partial charge on any atom is -0.449 e. The Morgan fingerprint density at radius 1 is 0.886 bits per heavy atom. The van der Waals surface area contributed by atoms with Gasteiger partial charge < -0.3 is 15.0 Å². The van der Waals surface area contributed by atoms with Gasteiger partial charge in [0.2, 0.25) is 0 Å². The average molecular weight is 613 g/mol. The van der Waals surface area contributed by atoms with Crippen LogP contribution in [0.15, 0.2) is 48.8 Å². The molecule has 12 heteroatoms. The van der Waals surface area contributed by atoms with Crippen molar-refractivity contribution in [2.75, 3.05) is 19.7 Å². The molecular weight excluding hydrogens is 573 g/mol. The minimum absolute atomic E-state index is 0.138.